The van der Waals surface area contributed by atoms with Crippen LogP contribution in [0.5, 0.6) is 0 Å². The van der Waals surface area contributed by atoms with Crippen LogP contribution in [0.4, 0.5) is 0 Å². The zero-order valence-electron chi connectivity index (χ0n) is 13.5. The van der Waals surface area contributed by atoms with Gasteiger partial charge in [0.15, 0.2) is 0 Å². The summed E-state index contributed by atoms with van der Waals surface area (Å²) in [6.45, 7) is 15.6. The zero-order valence-corrected chi connectivity index (χ0v) is 14.5. The van der Waals surface area contributed by atoms with Gasteiger partial charge < -0.3 is 10.4 Å². The van der Waals surface area contributed by atoms with Gasteiger partial charge in [0.1, 0.15) is 0 Å². The van der Waals surface area contributed by atoms with E-state index in [1.54, 1.807) is 0 Å². The quantitative estimate of drug-likeness (QED) is 0.812. The maximum absolute atomic E-state index is 10.1. The van der Waals surface area contributed by atoms with Gasteiger partial charge in [-0.3, -0.25) is 0 Å². The summed E-state index contributed by atoms with van der Waals surface area (Å²) in [6.07, 6.45) is 0. The van der Waals surface area contributed by atoms with Gasteiger partial charge in [-0.1, -0.05) is 49.1 Å². The molecule has 0 spiro atoms. The normalized spacial score (nSPS) is 13.7. The van der Waals surface area contributed by atoms with E-state index in [0.29, 0.717) is 0 Å². The predicted molar refractivity (Wildman–Crippen MR) is 86.6 cm³/mol. The molecule has 0 heterocycles. The molecule has 2 nitrogen and oxygen atoms in total. The van der Waals surface area contributed by atoms with E-state index in [1.165, 1.54) is 10.8 Å². The maximum atomic E-state index is 10.1. The van der Waals surface area contributed by atoms with Crippen LogP contribution in [0.1, 0.15) is 33.3 Å². The molecule has 0 aliphatic carbocycles. The van der Waals surface area contributed by atoms with Crippen molar-refractivity contribution in [3.05, 3.63) is 29.8 Å². The van der Waals surface area contributed by atoms with E-state index in [1.807, 2.05) is 27.7 Å². The van der Waals surface area contributed by atoms with Crippen molar-refractivity contribution >= 4 is 13.3 Å². The summed E-state index contributed by atoms with van der Waals surface area (Å²) in [5, 5.41) is 15.0. The second-order valence-electron chi connectivity index (χ2n) is 7.48. The van der Waals surface area contributed by atoms with Crippen molar-refractivity contribution in [2.24, 2.45) is 0 Å². The van der Waals surface area contributed by atoms with Crippen LogP contribution in [-0.2, 0) is 6.54 Å². The summed E-state index contributed by atoms with van der Waals surface area (Å²) < 4.78 is 0. The van der Waals surface area contributed by atoms with Crippen LogP contribution in [-0.4, -0.2) is 24.3 Å². The Morgan fingerprint density at radius 1 is 1.00 bits per heavy atom. The summed E-state index contributed by atoms with van der Waals surface area (Å²) in [7, 11) is -1.21. The van der Waals surface area contributed by atoms with Gasteiger partial charge in [0.2, 0.25) is 0 Å². The average Bonchev–Trinajstić information content (AvgIpc) is 2.24. The topological polar surface area (TPSA) is 32.3 Å². The van der Waals surface area contributed by atoms with Gasteiger partial charge in [0, 0.05) is 12.1 Å². The Bertz CT molecular complexity index is 410. The largest absolute Gasteiger partial charge is 0.389 e. The van der Waals surface area contributed by atoms with Crippen LogP contribution in [0.15, 0.2) is 24.3 Å². The van der Waals surface area contributed by atoms with Crippen molar-refractivity contribution in [2.45, 2.75) is 65.0 Å². The van der Waals surface area contributed by atoms with Gasteiger partial charge in [-0.25, -0.2) is 0 Å². The van der Waals surface area contributed by atoms with Gasteiger partial charge >= 0.3 is 0 Å². The number of hydrogen-bond acceptors (Lipinski definition) is 2. The smallest absolute Gasteiger partial charge is 0.0775 e. The first-order chi connectivity index (χ1) is 8.43. The summed E-state index contributed by atoms with van der Waals surface area (Å²) in [6, 6.07) is 8.89. The lowest BCUT2D eigenvalue weighted by Crippen LogP contribution is -2.55. The maximum Gasteiger partial charge on any atom is 0.0775 e. The highest BCUT2D eigenvalue weighted by Crippen LogP contribution is 2.21. The molecule has 0 saturated carbocycles. The lowest BCUT2D eigenvalue weighted by molar-refractivity contribution is -0.00531. The monoisotopic (exact) mass is 279 g/mol. The van der Waals surface area contributed by atoms with E-state index >= 15 is 0 Å². The summed E-state index contributed by atoms with van der Waals surface area (Å²) in [5.74, 6) is 0. The molecule has 0 saturated heterocycles. The van der Waals surface area contributed by atoms with E-state index in [-0.39, 0.29) is 5.54 Å². The van der Waals surface area contributed by atoms with Gasteiger partial charge in [-0.05, 0) is 33.3 Å². The first-order valence-corrected chi connectivity index (χ1v) is 10.5. The summed E-state index contributed by atoms with van der Waals surface area (Å²) in [5.41, 5.74) is 0.203. The van der Waals surface area contributed by atoms with Crippen molar-refractivity contribution in [3.8, 4) is 0 Å². The van der Waals surface area contributed by atoms with Gasteiger partial charge in [0.25, 0.3) is 0 Å². The zero-order chi connectivity index (χ0) is 14.9. The number of nitrogens with one attached hydrogen (secondary N) is 1. The van der Waals surface area contributed by atoms with E-state index in [2.05, 4.69) is 49.2 Å². The Kier molecular flexibility index (Phi) is 4.65. The molecular weight excluding hydrogens is 250 g/mol. The van der Waals surface area contributed by atoms with Crippen molar-refractivity contribution in [1.29, 1.82) is 0 Å². The molecule has 108 valence electrons. The molecule has 0 aromatic heterocycles. The Balaban J connectivity index is 2.70. The minimum Gasteiger partial charge on any atom is -0.389 e. The third-order valence-electron chi connectivity index (χ3n) is 4.08. The predicted octanol–water partition coefficient (Wildman–Crippen LogP) is 2.87. The fourth-order valence-corrected chi connectivity index (χ4v) is 2.83. The SMILES string of the molecule is CC(C)(O)C(C)(C)NCc1ccc([Si](C)(C)C)cc1. The van der Waals surface area contributed by atoms with Gasteiger partial charge in [-0.2, -0.15) is 0 Å². The summed E-state index contributed by atoms with van der Waals surface area (Å²) in [4.78, 5) is 0. The van der Waals surface area contributed by atoms with Crippen molar-refractivity contribution in [2.75, 3.05) is 0 Å². The molecule has 2 N–H and O–H groups in total. The number of benzene rings is 1. The first-order valence-electron chi connectivity index (χ1n) is 7.00. The third-order valence-corrected chi connectivity index (χ3v) is 6.15. The Hall–Kier alpha value is -0.643. The van der Waals surface area contributed by atoms with Crippen LogP contribution in [0.3, 0.4) is 0 Å². The Labute approximate surface area is 119 Å². The van der Waals surface area contributed by atoms with Crippen LogP contribution in [0.25, 0.3) is 0 Å². The Morgan fingerprint density at radius 3 is 1.84 bits per heavy atom. The minimum atomic E-state index is -1.21. The lowest BCUT2D eigenvalue weighted by atomic mass is 9.86. The third kappa shape index (κ3) is 4.44. The second-order valence-corrected chi connectivity index (χ2v) is 12.6. The molecule has 0 aliphatic heterocycles. The van der Waals surface area contributed by atoms with E-state index in [4.69, 9.17) is 0 Å². The molecule has 0 bridgehead atoms. The van der Waals surface area contributed by atoms with Crippen LogP contribution < -0.4 is 10.5 Å². The van der Waals surface area contributed by atoms with Crippen molar-refractivity contribution in [1.82, 2.24) is 5.32 Å². The molecule has 19 heavy (non-hydrogen) atoms. The van der Waals surface area contributed by atoms with Crippen molar-refractivity contribution in [3.63, 3.8) is 0 Å². The molecule has 1 aromatic rings. The Morgan fingerprint density at radius 2 is 1.47 bits per heavy atom. The lowest BCUT2D eigenvalue weighted by Gasteiger charge is -2.38. The van der Waals surface area contributed by atoms with Crippen LogP contribution >= 0.6 is 0 Å². The molecule has 0 radical (unpaired) electrons. The van der Waals surface area contributed by atoms with Crippen molar-refractivity contribution < 1.29 is 5.11 Å². The highest BCUT2D eigenvalue weighted by molar-refractivity contribution is 6.88. The molecule has 0 amide bonds. The molecule has 0 fully saturated rings. The first kappa shape index (κ1) is 16.4. The molecule has 0 unspecified atom stereocenters. The average molecular weight is 279 g/mol. The molecule has 1 rings (SSSR count). The molecule has 0 atom stereocenters. The number of rotatable bonds is 5. The van der Waals surface area contributed by atoms with Crippen LogP contribution in [0, 0.1) is 0 Å². The molecular formula is C16H29NOSi. The fraction of sp³-hybridized carbons (Fsp3) is 0.625. The highest BCUT2D eigenvalue weighted by atomic mass is 28.3. The molecule has 0 aliphatic rings. The molecule has 1 aromatic carbocycles. The van der Waals surface area contributed by atoms with E-state index < -0.39 is 13.7 Å². The van der Waals surface area contributed by atoms with Gasteiger partial charge in [0.05, 0.1) is 13.7 Å². The van der Waals surface area contributed by atoms with E-state index in [9.17, 15) is 5.11 Å². The van der Waals surface area contributed by atoms with Gasteiger partial charge in [-0.15, -0.1) is 0 Å². The standard InChI is InChI=1S/C16H29NOSi/c1-15(2,16(3,4)18)17-12-13-8-10-14(11-9-13)19(5,6)7/h8-11,17-18H,12H2,1-7H3. The number of hydrogen-bond donors (Lipinski definition) is 2. The highest BCUT2D eigenvalue weighted by Gasteiger charge is 2.34. The van der Waals surface area contributed by atoms with Crippen LogP contribution in [0.2, 0.25) is 19.6 Å². The summed E-state index contributed by atoms with van der Waals surface area (Å²) >= 11 is 0. The molecule has 3 heteroatoms. The number of aliphatic hydroxyl groups is 1. The fourth-order valence-electron chi connectivity index (χ4n) is 1.66. The van der Waals surface area contributed by atoms with E-state index in [0.717, 1.165) is 6.54 Å². The second kappa shape index (κ2) is 5.39. The minimum absolute atomic E-state index is 0.315.